The highest BCUT2D eigenvalue weighted by Gasteiger charge is 2.50. The van der Waals surface area contributed by atoms with Gasteiger partial charge in [0.15, 0.2) is 0 Å². The molecule has 0 bridgehead atoms. The number of amides is 1. The van der Waals surface area contributed by atoms with Crippen molar-refractivity contribution in [2.75, 3.05) is 13.2 Å². The number of carbonyl (C=O) groups excluding carboxylic acids is 1. The third kappa shape index (κ3) is 3.05. The van der Waals surface area contributed by atoms with E-state index in [1.54, 1.807) is 0 Å². The van der Waals surface area contributed by atoms with Crippen LogP contribution >= 0.6 is 0 Å². The van der Waals surface area contributed by atoms with Crippen LogP contribution in [0.25, 0.3) is 11.1 Å². The predicted molar refractivity (Wildman–Crippen MR) is 113 cm³/mol. The van der Waals surface area contributed by atoms with E-state index in [2.05, 4.69) is 48.5 Å². The standard InChI is InChI=1S/C25H29NO3/c27-23-13-16-26(25(23)14-7-1-2-8-15-25)24(28)29-17-22-20-11-5-3-9-18(20)19-10-4-6-12-21(19)22/h3-6,9-12,22-23,27H,1-2,7-8,13-17H2. The van der Waals surface area contributed by atoms with Gasteiger partial charge in [-0.1, -0.05) is 74.2 Å². The van der Waals surface area contributed by atoms with Crippen molar-refractivity contribution < 1.29 is 14.6 Å². The van der Waals surface area contributed by atoms with Gasteiger partial charge in [0.25, 0.3) is 0 Å². The Bertz CT molecular complexity index is 855. The number of likely N-dealkylation sites (tertiary alicyclic amines) is 1. The summed E-state index contributed by atoms with van der Waals surface area (Å²) in [6.07, 6.45) is 6.27. The first-order valence-corrected chi connectivity index (χ1v) is 11.0. The fourth-order valence-electron chi connectivity index (χ4n) is 5.81. The third-order valence-corrected chi connectivity index (χ3v) is 7.31. The Labute approximate surface area is 172 Å². The minimum atomic E-state index is -0.430. The van der Waals surface area contributed by atoms with E-state index in [4.69, 9.17) is 4.74 Å². The Morgan fingerprint density at radius 1 is 0.966 bits per heavy atom. The number of nitrogens with zero attached hydrogens (tertiary/aromatic N) is 1. The van der Waals surface area contributed by atoms with Crippen LogP contribution in [0, 0.1) is 0 Å². The van der Waals surface area contributed by atoms with Crippen LogP contribution in [0.1, 0.15) is 62.0 Å². The van der Waals surface area contributed by atoms with Crippen molar-refractivity contribution in [3.05, 3.63) is 59.7 Å². The van der Waals surface area contributed by atoms with Crippen LogP contribution in [-0.2, 0) is 4.74 Å². The average Bonchev–Trinajstić information content (AvgIpc) is 3.10. The van der Waals surface area contributed by atoms with Crippen molar-refractivity contribution in [3.8, 4) is 11.1 Å². The van der Waals surface area contributed by atoms with Gasteiger partial charge in [0.1, 0.15) is 6.61 Å². The van der Waals surface area contributed by atoms with Gasteiger partial charge < -0.3 is 9.84 Å². The van der Waals surface area contributed by atoms with Gasteiger partial charge in [-0.25, -0.2) is 4.79 Å². The van der Waals surface area contributed by atoms with Crippen LogP contribution in [0.4, 0.5) is 4.79 Å². The fraction of sp³-hybridized carbons (Fsp3) is 0.480. The fourth-order valence-corrected chi connectivity index (χ4v) is 5.81. The molecule has 0 radical (unpaired) electrons. The number of aliphatic hydroxyl groups excluding tert-OH is 1. The zero-order valence-electron chi connectivity index (χ0n) is 16.8. The maximum atomic E-state index is 13.1. The van der Waals surface area contributed by atoms with Crippen molar-refractivity contribution >= 4 is 6.09 Å². The number of ether oxygens (including phenoxy) is 1. The van der Waals surface area contributed by atoms with E-state index in [0.717, 1.165) is 25.7 Å². The summed E-state index contributed by atoms with van der Waals surface area (Å²) in [4.78, 5) is 15.0. The highest BCUT2D eigenvalue weighted by molar-refractivity contribution is 5.79. The maximum absolute atomic E-state index is 13.1. The Balaban J connectivity index is 1.36. The van der Waals surface area contributed by atoms with Gasteiger partial charge in [-0.05, 0) is 41.5 Å². The van der Waals surface area contributed by atoms with Crippen LogP contribution in [0.3, 0.4) is 0 Å². The van der Waals surface area contributed by atoms with Crippen molar-refractivity contribution in [3.63, 3.8) is 0 Å². The summed E-state index contributed by atoms with van der Waals surface area (Å²) < 4.78 is 5.92. The first-order valence-electron chi connectivity index (χ1n) is 11.0. The van der Waals surface area contributed by atoms with E-state index >= 15 is 0 Å². The zero-order valence-corrected chi connectivity index (χ0v) is 16.8. The first-order chi connectivity index (χ1) is 14.2. The summed E-state index contributed by atoms with van der Waals surface area (Å²) in [5.41, 5.74) is 4.51. The highest BCUT2D eigenvalue weighted by Crippen LogP contribution is 2.45. The van der Waals surface area contributed by atoms with Gasteiger partial charge in [0.2, 0.25) is 0 Å². The molecule has 5 rings (SSSR count). The molecule has 29 heavy (non-hydrogen) atoms. The number of fused-ring (bicyclic) bond motifs is 3. The van der Waals surface area contributed by atoms with Crippen LogP contribution in [0.5, 0.6) is 0 Å². The molecular formula is C25H29NO3. The second-order valence-corrected chi connectivity index (χ2v) is 8.78. The largest absolute Gasteiger partial charge is 0.448 e. The van der Waals surface area contributed by atoms with Gasteiger partial charge in [-0.3, -0.25) is 4.90 Å². The molecule has 4 heteroatoms. The molecular weight excluding hydrogens is 362 g/mol. The lowest BCUT2D eigenvalue weighted by molar-refractivity contribution is 0.00860. The number of hydrogen-bond donors (Lipinski definition) is 1. The predicted octanol–water partition coefficient (Wildman–Crippen LogP) is 5.10. The topological polar surface area (TPSA) is 49.8 Å². The van der Waals surface area contributed by atoms with E-state index in [-0.39, 0.29) is 12.0 Å². The first kappa shape index (κ1) is 18.7. The van der Waals surface area contributed by atoms with Gasteiger partial charge in [-0.15, -0.1) is 0 Å². The molecule has 2 aliphatic carbocycles. The lowest BCUT2D eigenvalue weighted by Gasteiger charge is -2.39. The summed E-state index contributed by atoms with van der Waals surface area (Å²) >= 11 is 0. The van der Waals surface area contributed by atoms with Crippen LogP contribution < -0.4 is 0 Å². The zero-order chi connectivity index (χ0) is 19.8. The molecule has 0 aromatic heterocycles. The molecule has 2 aromatic carbocycles. The van der Waals surface area contributed by atoms with Crippen molar-refractivity contribution in [1.29, 1.82) is 0 Å². The van der Waals surface area contributed by atoms with Gasteiger partial charge >= 0.3 is 6.09 Å². The minimum absolute atomic E-state index is 0.0731. The number of hydrogen-bond acceptors (Lipinski definition) is 3. The minimum Gasteiger partial charge on any atom is -0.448 e. The Hall–Kier alpha value is -2.33. The third-order valence-electron chi connectivity index (χ3n) is 7.31. The molecule has 1 amide bonds. The van der Waals surface area contributed by atoms with Crippen LogP contribution in [0.2, 0.25) is 0 Å². The average molecular weight is 392 g/mol. The van der Waals surface area contributed by atoms with E-state index in [1.165, 1.54) is 35.1 Å². The molecule has 1 spiro atoms. The highest BCUT2D eigenvalue weighted by atomic mass is 16.6. The summed E-state index contributed by atoms with van der Waals surface area (Å²) in [5.74, 6) is 0.0731. The van der Waals surface area contributed by atoms with E-state index in [1.807, 2.05) is 4.90 Å². The van der Waals surface area contributed by atoms with Gasteiger partial charge in [-0.2, -0.15) is 0 Å². The summed E-state index contributed by atoms with van der Waals surface area (Å²) in [5, 5.41) is 10.7. The number of carbonyl (C=O) groups is 1. The van der Waals surface area contributed by atoms with Crippen LogP contribution in [0.15, 0.2) is 48.5 Å². The molecule has 1 unspecified atom stereocenters. The summed E-state index contributed by atoms with van der Waals surface area (Å²) in [6, 6.07) is 16.8. The van der Waals surface area contributed by atoms with Crippen molar-refractivity contribution in [2.24, 2.45) is 0 Å². The molecule has 1 heterocycles. The molecule has 152 valence electrons. The number of rotatable bonds is 2. The quantitative estimate of drug-likeness (QED) is 0.775. The van der Waals surface area contributed by atoms with E-state index < -0.39 is 11.6 Å². The molecule has 1 N–H and O–H groups in total. The van der Waals surface area contributed by atoms with Crippen LogP contribution in [-0.4, -0.2) is 40.9 Å². The molecule has 1 saturated carbocycles. The molecule has 1 atom stereocenters. The lowest BCUT2D eigenvalue weighted by atomic mass is 9.85. The molecule has 1 aliphatic heterocycles. The Morgan fingerprint density at radius 2 is 1.55 bits per heavy atom. The van der Waals surface area contributed by atoms with E-state index in [9.17, 15) is 9.90 Å². The molecule has 3 aliphatic rings. The smallest absolute Gasteiger partial charge is 0.410 e. The second-order valence-electron chi connectivity index (χ2n) is 8.78. The molecule has 2 aromatic rings. The summed E-state index contributed by atoms with van der Waals surface area (Å²) in [7, 11) is 0. The number of benzene rings is 2. The Morgan fingerprint density at radius 3 is 2.17 bits per heavy atom. The maximum Gasteiger partial charge on any atom is 0.410 e. The lowest BCUT2D eigenvalue weighted by Crippen LogP contribution is -2.52. The molecule has 2 fully saturated rings. The van der Waals surface area contributed by atoms with Crippen molar-refractivity contribution in [2.45, 2.75) is 62.5 Å². The number of aliphatic hydroxyl groups is 1. The normalized spacial score (nSPS) is 22.9. The summed E-state index contributed by atoms with van der Waals surface area (Å²) in [6.45, 7) is 0.938. The SMILES string of the molecule is O=C(OCC1c2ccccc2-c2ccccc21)N1CCC(O)C12CCCCCC2. The van der Waals surface area contributed by atoms with Gasteiger partial charge in [0, 0.05) is 12.5 Å². The molecule has 1 saturated heterocycles. The second kappa shape index (κ2) is 7.49. The molecule has 4 nitrogen and oxygen atoms in total. The monoisotopic (exact) mass is 391 g/mol. The van der Waals surface area contributed by atoms with Crippen molar-refractivity contribution in [1.82, 2.24) is 4.90 Å². The van der Waals surface area contributed by atoms with Gasteiger partial charge in [0.05, 0.1) is 11.6 Å². The van der Waals surface area contributed by atoms with E-state index in [0.29, 0.717) is 19.6 Å². The Kier molecular flexibility index (Phi) is 4.83.